The number of fused-ring (bicyclic) bond motifs is 1. The van der Waals surface area contributed by atoms with Gasteiger partial charge < -0.3 is 15.8 Å². The lowest BCUT2D eigenvalue weighted by Gasteiger charge is -2.13. The molecule has 182 valence electrons. The van der Waals surface area contributed by atoms with Crippen LogP contribution in [0.3, 0.4) is 0 Å². The second kappa shape index (κ2) is 9.21. The number of hydrogen-bond acceptors (Lipinski definition) is 6. The van der Waals surface area contributed by atoms with Crippen LogP contribution in [-0.4, -0.2) is 26.6 Å². The molecule has 0 atom stereocenters. The summed E-state index contributed by atoms with van der Waals surface area (Å²) >= 11 is 0. The van der Waals surface area contributed by atoms with Gasteiger partial charge >= 0.3 is 6.18 Å². The van der Waals surface area contributed by atoms with Crippen molar-refractivity contribution < 1.29 is 17.9 Å². The van der Waals surface area contributed by atoms with Crippen molar-refractivity contribution in [3.8, 4) is 23.0 Å². The summed E-state index contributed by atoms with van der Waals surface area (Å²) in [5.41, 5.74) is 6.87. The third-order valence-corrected chi connectivity index (χ3v) is 5.66. The Morgan fingerprint density at radius 2 is 1.67 bits per heavy atom. The highest BCUT2D eigenvalue weighted by Crippen LogP contribution is 2.37. The predicted molar refractivity (Wildman–Crippen MR) is 132 cm³/mol. The number of nitrogen functional groups attached to an aromatic ring is 1. The average molecular weight is 490 g/mol. The molecule has 0 saturated heterocycles. The molecule has 0 aliphatic heterocycles. The molecule has 0 radical (unpaired) electrons. The quantitative estimate of drug-likeness (QED) is 0.317. The molecule has 3 N–H and O–H groups in total. The number of hydrogen-bond donors (Lipinski definition) is 2. The fraction of sp³-hybridized carbons (Fsp3) is 0.115. The zero-order valence-electron chi connectivity index (χ0n) is 19.1. The Labute approximate surface area is 204 Å². The third-order valence-electron chi connectivity index (χ3n) is 5.66. The summed E-state index contributed by atoms with van der Waals surface area (Å²) in [5.74, 6) is 1.12. The fourth-order valence-electron chi connectivity index (χ4n) is 3.94. The number of para-hydroxylation sites is 1. The minimum Gasteiger partial charge on any atom is -0.494 e. The Hall–Kier alpha value is -4.60. The van der Waals surface area contributed by atoms with Crippen LogP contribution >= 0.6 is 0 Å². The number of nitrogens with zero attached hydrogens (tertiary/aromatic N) is 4. The van der Waals surface area contributed by atoms with E-state index in [4.69, 9.17) is 10.5 Å². The van der Waals surface area contributed by atoms with Crippen molar-refractivity contribution in [2.24, 2.45) is 0 Å². The maximum Gasteiger partial charge on any atom is 0.417 e. The van der Waals surface area contributed by atoms with Gasteiger partial charge in [0.15, 0.2) is 0 Å². The van der Waals surface area contributed by atoms with E-state index in [-0.39, 0.29) is 23.2 Å². The van der Waals surface area contributed by atoms with Gasteiger partial charge in [0, 0.05) is 23.7 Å². The number of anilines is 2. The SMILES string of the molecule is COc1cccc2c(NCc3ccccc3)nc(-n3cc(-c4ccccc4C(F)(F)F)nc3N)nc12. The lowest BCUT2D eigenvalue weighted by molar-refractivity contribution is -0.137. The predicted octanol–water partition coefficient (Wildman–Crippen LogP) is 5.70. The Balaban J connectivity index is 1.62. The molecule has 0 spiro atoms. The number of aromatic nitrogens is 4. The molecular weight excluding hydrogens is 469 g/mol. The maximum absolute atomic E-state index is 13.6. The summed E-state index contributed by atoms with van der Waals surface area (Å²) < 4.78 is 47.6. The first-order valence-electron chi connectivity index (χ1n) is 11.0. The van der Waals surface area contributed by atoms with Gasteiger partial charge in [-0.05, 0) is 23.8 Å². The van der Waals surface area contributed by atoms with E-state index in [1.807, 2.05) is 42.5 Å². The van der Waals surface area contributed by atoms with Crippen LogP contribution in [-0.2, 0) is 12.7 Å². The van der Waals surface area contributed by atoms with Crippen molar-refractivity contribution in [2.75, 3.05) is 18.2 Å². The lowest BCUT2D eigenvalue weighted by Crippen LogP contribution is -2.09. The summed E-state index contributed by atoms with van der Waals surface area (Å²) in [4.78, 5) is 13.4. The van der Waals surface area contributed by atoms with Crippen LogP contribution in [0, 0.1) is 0 Å². The number of rotatable bonds is 6. The van der Waals surface area contributed by atoms with E-state index in [9.17, 15) is 13.2 Å². The van der Waals surface area contributed by atoms with Crippen LogP contribution in [0.2, 0.25) is 0 Å². The monoisotopic (exact) mass is 490 g/mol. The molecule has 5 rings (SSSR count). The molecule has 0 aliphatic rings. The van der Waals surface area contributed by atoms with Crippen molar-refractivity contribution in [3.63, 3.8) is 0 Å². The number of imidazole rings is 1. The van der Waals surface area contributed by atoms with E-state index in [1.54, 1.807) is 6.07 Å². The molecule has 0 amide bonds. The number of nitrogens with one attached hydrogen (secondary N) is 1. The van der Waals surface area contributed by atoms with Crippen LogP contribution in [0.4, 0.5) is 24.9 Å². The first kappa shape index (κ1) is 23.2. The molecule has 36 heavy (non-hydrogen) atoms. The van der Waals surface area contributed by atoms with E-state index in [0.717, 1.165) is 17.0 Å². The van der Waals surface area contributed by atoms with Gasteiger partial charge in [0.1, 0.15) is 17.1 Å². The Kier molecular flexibility index (Phi) is 5.93. The molecule has 10 heteroatoms. The van der Waals surface area contributed by atoms with Crippen molar-refractivity contribution in [2.45, 2.75) is 12.7 Å². The second-order valence-electron chi connectivity index (χ2n) is 7.97. The van der Waals surface area contributed by atoms with Gasteiger partial charge in [-0.3, -0.25) is 4.57 Å². The van der Waals surface area contributed by atoms with Gasteiger partial charge in [0.05, 0.1) is 18.4 Å². The highest BCUT2D eigenvalue weighted by molar-refractivity contribution is 5.93. The summed E-state index contributed by atoms with van der Waals surface area (Å²) in [6, 6.07) is 20.4. The zero-order valence-corrected chi connectivity index (χ0v) is 19.1. The summed E-state index contributed by atoms with van der Waals surface area (Å²) in [7, 11) is 1.53. The fourth-order valence-corrected chi connectivity index (χ4v) is 3.94. The molecule has 3 aromatic carbocycles. The van der Waals surface area contributed by atoms with Crippen molar-refractivity contribution in [1.29, 1.82) is 0 Å². The number of ether oxygens (including phenoxy) is 1. The molecule has 5 aromatic rings. The van der Waals surface area contributed by atoms with Crippen LogP contribution in [0.1, 0.15) is 11.1 Å². The van der Waals surface area contributed by atoms with E-state index < -0.39 is 11.7 Å². The van der Waals surface area contributed by atoms with Gasteiger partial charge in [-0.2, -0.15) is 18.2 Å². The molecule has 0 fully saturated rings. The summed E-state index contributed by atoms with van der Waals surface area (Å²) in [6.07, 6.45) is -3.14. The molecule has 0 aliphatic carbocycles. The number of methoxy groups -OCH3 is 1. The van der Waals surface area contributed by atoms with E-state index in [2.05, 4.69) is 20.3 Å². The first-order valence-corrected chi connectivity index (χ1v) is 11.0. The molecular formula is C26H21F3N6O. The molecule has 7 nitrogen and oxygen atoms in total. The Bertz CT molecular complexity index is 1530. The number of nitrogens with two attached hydrogens (primary N) is 1. The Morgan fingerprint density at radius 3 is 2.42 bits per heavy atom. The third kappa shape index (κ3) is 4.40. The standard InChI is InChI=1S/C26H21F3N6O/c1-36-21-13-7-11-18-22(21)33-25(34-23(18)31-14-16-8-3-2-4-9-16)35-15-20(32-24(35)30)17-10-5-6-12-19(17)26(27,28)29/h2-13,15H,14H2,1H3,(H2,30,32)(H,31,33,34). The lowest BCUT2D eigenvalue weighted by atomic mass is 10.0. The molecule has 2 heterocycles. The highest BCUT2D eigenvalue weighted by atomic mass is 19.4. The molecule has 0 saturated carbocycles. The molecule has 2 aromatic heterocycles. The van der Waals surface area contributed by atoms with E-state index >= 15 is 0 Å². The molecule has 0 unspecified atom stereocenters. The van der Waals surface area contributed by atoms with Gasteiger partial charge in [-0.1, -0.05) is 54.6 Å². The minimum absolute atomic E-state index is 0.0507. The van der Waals surface area contributed by atoms with Crippen LogP contribution in [0.15, 0.2) is 79.0 Å². The van der Waals surface area contributed by atoms with Gasteiger partial charge in [0.2, 0.25) is 11.9 Å². The summed E-state index contributed by atoms with van der Waals surface area (Å²) in [6.45, 7) is 0.493. The minimum atomic E-state index is -4.55. The smallest absolute Gasteiger partial charge is 0.417 e. The van der Waals surface area contributed by atoms with Gasteiger partial charge in [-0.25, -0.2) is 9.97 Å². The van der Waals surface area contributed by atoms with Gasteiger partial charge in [0.25, 0.3) is 0 Å². The largest absolute Gasteiger partial charge is 0.494 e. The number of benzene rings is 3. The van der Waals surface area contributed by atoms with Gasteiger partial charge in [-0.15, -0.1) is 0 Å². The van der Waals surface area contributed by atoms with Crippen LogP contribution in [0.5, 0.6) is 5.75 Å². The average Bonchev–Trinajstić information content (AvgIpc) is 3.28. The van der Waals surface area contributed by atoms with Crippen LogP contribution < -0.4 is 15.8 Å². The normalized spacial score (nSPS) is 11.6. The second-order valence-corrected chi connectivity index (χ2v) is 7.97. The number of alkyl halides is 3. The van der Waals surface area contributed by atoms with Crippen molar-refractivity contribution in [1.82, 2.24) is 19.5 Å². The molecule has 0 bridgehead atoms. The van der Waals surface area contributed by atoms with Crippen molar-refractivity contribution in [3.05, 3.63) is 90.1 Å². The first-order chi connectivity index (χ1) is 17.3. The van der Waals surface area contributed by atoms with Crippen molar-refractivity contribution >= 4 is 22.7 Å². The zero-order chi connectivity index (χ0) is 25.3. The summed E-state index contributed by atoms with van der Waals surface area (Å²) in [5, 5.41) is 4.04. The van der Waals surface area contributed by atoms with Crippen LogP contribution in [0.25, 0.3) is 28.1 Å². The topological polar surface area (TPSA) is 90.9 Å². The Morgan fingerprint density at radius 1 is 0.917 bits per heavy atom. The number of halogens is 3. The highest BCUT2D eigenvalue weighted by Gasteiger charge is 2.34. The van der Waals surface area contributed by atoms with E-state index in [1.165, 1.54) is 36.1 Å². The maximum atomic E-state index is 13.6. The van der Waals surface area contributed by atoms with E-state index in [0.29, 0.717) is 23.6 Å².